The summed E-state index contributed by atoms with van der Waals surface area (Å²) in [7, 11) is 1.64. The van der Waals surface area contributed by atoms with Gasteiger partial charge in [-0.25, -0.2) is 0 Å². The number of hydrogen-bond acceptors (Lipinski definition) is 6. The normalized spacial score (nSPS) is 22.5. The van der Waals surface area contributed by atoms with Crippen LogP contribution in [-0.4, -0.2) is 46.6 Å². The second-order valence-corrected chi connectivity index (χ2v) is 6.73. The van der Waals surface area contributed by atoms with Crippen molar-refractivity contribution in [2.45, 2.75) is 44.2 Å². The Hall–Kier alpha value is -1.89. The van der Waals surface area contributed by atoms with E-state index in [2.05, 4.69) is 16.0 Å². The quantitative estimate of drug-likeness (QED) is 0.809. The molecular formula is C20H25Cl2N3O3. The zero-order chi connectivity index (χ0) is 18.1. The Morgan fingerprint density at radius 3 is 2.64 bits per heavy atom. The van der Waals surface area contributed by atoms with Crippen molar-refractivity contribution in [2.75, 3.05) is 13.7 Å². The van der Waals surface area contributed by atoms with Crippen LogP contribution < -0.4 is 9.47 Å². The topological polar surface area (TPSA) is 76.8 Å². The fourth-order valence-electron chi connectivity index (χ4n) is 4.00. The third kappa shape index (κ3) is 4.09. The van der Waals surface area contributed by atoms with Gasteiger partial charge in [-0.15, -0.1) is 24.8 Å². The van der Waals surface area contributed by atoms with Gasteiger partial charge in [0.2, 0.25) is 0 Å². The summed E-state index contributed by atoms with van der Waals surface area (Å²) in [5.74, 6) is 1.59. The molecule has 2 heterocycles. The maximum Gasteiger partial charge on any atom is 0.161 e. The Kier molecular flexibility index (Phi) is 7.63. The third-order valence-electron chi connectivity index (χ3n) is 5.18. The summed E-state index contributed by atoms with van der Waals surface area (Å²) in [6, 6.07) is 4.18. The molecule has 1 saturated carbocycles. The number of aliphatic hydroxyl groups excluding tert-OH is 1. The lowest BCUT2D eigenvalue weighted by Gasteiger charge is -2.37. The van der Waals surface area contributed by atoms with Crippen molar-refractivity contribution in [1.29, 1.82) is 0 Å². The van der Waals surface area contributed by atoms with Crippen molar-refractivity contribution in [1.82, 2.24) is 9.97 Å². The Morgan fingerprint density at radius 2 is 1.96 bits per heavy atom. The van der Waals surface area contributed by atoms with Crippen molar-refractivity contribution >= 4 is 30.5 Å². The predicted molar refractivity (Wildman–Crippen MR) is 113 cm³/mol. The van der Waals surface area contributed by atoms with Gasteiger partial charge in [0.05, 0.1) is 37.8 Å². The van der Waals surface area contributed by atoms with Gasteiger partial charge in [-0.1, -0.05) is 0 Å². The van der Waals surface area contributed by atoms with E-state index in [1.165, 1.54) is 0 Å². The number of rotatable bonds is 4. The second-order valence-electron chi connectivity index (χ2n) is 6.73. The Bertz CT molecular complexity index is 833. The number of benzene rings is 1. The van der Waals surface area contributed by atoms with Crippen molar-refractivity contribution in [3.8, 4) is 11.5 Å². The average molecular weight is 426 g/mol. The van der Waals surface area contributed by atoms with E-state index in [9.17, 15) is 5.11 Å². The lowest BCUT2D eigenvalue weighted by molar-refractivity contribution is 0.111. The summed E-state index contributed by atoms with van der Waals surface area (Å²) in [6.45, 7) is 2.52. The molecule has 0 spiro atoms. The van der Waals surface area contributed by atoms with E-state index in [4.69, 9.17) is 14.5 Å². The van der Waals surface area contributed by atoms with Crippen LogP contribution in [0.5, 0.6) is 11.5 Å². The molecule has 1 aliphatic carbocycles. The Morgan fingerprint density at radius 1 is 1.14 bits per heavy atom. The molecule has 2 aromatic rings. The van der Waals surface area contributed by atoms with Gasteiger partial charge in [0, 0.05) is 23.9 Å². The highest BCUT2D eigenvalue weighted by Gasteiger charge is 2.37. The monoisotopic (exact) mass is 425 g/mol. The molecule has 0 radical (unpaired) electrons. The van der Waals surface area contributed by atoms with E-state index in [1.807, 2.05) is 13.0 Å². The lowest BCUT2D eigenvalue weighted by Crippen LogP contribution is -2.34. The first-order valence-corrected chi connectivity index (χ1v) is 9.08. The molecule has 1 fully saturated rings. The summed E-state index contributed by atoms with van der Waals surface area (Å²) in [4.78, 5) is 13.7. The molecule has 1 aromatic carbocycles. The lowest BCUT2D eigenvalue weighted by atomic mass is 9.74. The van der Waals surface area contributed by atoms with Crippen molar-refractivity contribution in [2.24, 2.45) is 4.99 Å². The number of aromatic nitrogens is 2. The molecule has 0 saturated heterocycles. The minimum Gasteiger partial charge on any atom is -0.493 e. The van der Waals surface area contributed by atoms with E-state index in [-0.39, 0.29) is 42.9 Å². The van der Waals surface area contributed by atoms with Crippen LogP contribution in [0.25, 0.3) is 0 Å². The fraction of sp³-hybridized carbons (Fsp3) is 0.450. The summed E-state index contributed by atoms with van der Waals surface area (Å²) >= 11 is 0. The smallest absolute Gasteiger partial charge is 0.161 e. The van der Waals surface area contributed by atoms with Gasteiger partial charge < -0.3 is 14.6 Å². The van der Waals surface area contributed by atoms with Crippen molar-refractivity contribution < 1.29 is 14.6 Å². The SMILES string of the molecule is CCOc1cc2c(cc1OC)C(c1cnccn1)=N[C@@H]1CC[C@@H](O)C[C@H]21.Cl.Cl. The molecule has 0 unspecified atom stereocenters. The highest BCUT2D eigenvalue weighted by atomic mass is 35.5. The van der Waals surface area contributed by atoms with E-state index >= 15 is 0 Å². The number of fused-ring (bicyclic) bond motifs is 3. The van der Waals surface area contributed by atoms with Crippen LogP contribution in [0.3, 0.4) is 0 Å². The summed E-state index contributed by atoms with van der Waals surface area (Å²) in [5.41, 5.74) is 3.73. The molecule has 4 rings (SSSR count). The first kappa shape index (κ1) is 22.4. The predicted octanol–water partition coefficient (Wildman–Crippen LogP) is 3.58. The standard InChI is InChI=1S/C20H23N3O3.2ClH/c1-3-26-19-9-13-14-8-12(24)4-5-16(14)23-20(15(13)10-18(19)25-2)17-11-21-6-7-22-17;;/h6-7,9-12,14,16,24H,3-5,8H2,1-2H3;2*1H/t12-,14-,16-;;/m1../s1. The first-order chi connectivity index (χ1) is 12.7. The van der Waals surface area contributed by atoms with Gasteiger partial charge in [-0.05, 0) is 43.9 Å². The Labute approximate surface area is 177 Å². The van der Waals surface area contributed by atoms with Gasteiger partial charge in [-0.2, -0.15) is 0 Å². The van der Waals surface area contributed by atoms with Gasteiger partial charge in [-0.3, -0.25) is 15.0 Å². The molecule has 0 amide bonds. The number of halogens is 2. The minimum absolute atomic E-state index is 0. The van der Waals surface area contributed by atoms with Crippen LogP contribution in [0.1, 0.15) is 48.9 Å². The number of aliphatic hydroxyl groups is 1. The number of nitrogens with zero attached hydrogens (tertiary/aromatic N) is 3. The number of methoxy groups -OCH3 is 1. The van der Waals surface area contributed by atoms with Crippen LogP contribution in [0, 0.1) is 0 Å². The fourth-order valence-corrected chi connectivity index (χ4v) is 4.00. The molecule has 1 N–H and O–H groups in total. The molecule has 6 nitrogen and oxygen atoms in total. The maximum atomic E-state index is 10.2. The second kappa shape index (κ2) is 9.54. The first-order valence-electron chi connectivity index (χ1n) is 9.08. The van der Waals surface area contributed by atoms with Gasteiger partial charge in [0.1, 0.15) is 5.69 Å². The molecular weight excluding hydrogens is 401 g/mol. The van der Waals surface area contributed by atoms with Crippen molar-refractivity contribution in [3.63, 3.8) is 0 Å². The number of aliphatic imine (C=N–C) groups is 1. The molecule has 0 bridgehead atoms. The maximum absolute atomic E-state index is 10.2. The van der Waals surface area contributed by atoms with E-state index in [0.717, 1.165) is 41.1 Å². The molecule has 2 aliphatic rings. The van der Waals surface area contributed by atoms with E-state index in [1.54, 1.807) is 25.7 Å². The van der Waals surface area contributed by atoms with Crippen molar-refractivity contribution in [3.05, 3.63) is 47.5 Å². The van der Waals surface area contributed by atoms with Gasteiger partial charge >= 0.3 is 0 Å². The summed E-state index contributed by atoms with van der Waals surface area (Å²) in [6.07, 6.45) is 7.16. The molecule has 1 aromatic heterocycles. The molecule has 152 valence electrons. The zero-order valence-electron chi connectivity index (χ0n) is 15.9. The molecule has 8 heteroatoms. The van der Waals surface area contributed by atoms with Crippen LogP contribution in [-0.2, 0) is 0 Å². The molecule has 28 heavy (non-hydrogen) atoms. The summed E-state index contributed by atoms with van der Waals surface area (Å²) in [5, 5.41) is 10.2. The number of ether oxygens (including phenoxy) is 2. The van der Waals surface area contributed by atoms with Gasteiger partial charge in [0.15, 0.2) is 11.5 Å². The molecule has 3 atom stereocenters. The van der Waals surface area contributed by atoms with Crippen LogP contribution in [0.2, 0.25) is 0 Å². The minimum atomic E-state index is -0.282. The van der Waals surface area contributed by atoms with Crippen LogP contribution >= 0.6 is 24.8 Å². The highest BCUT2D eigenvalue weighted by Crippen LogP contribution is 2.44. The number of hydrogen-bond donors (Lipinski definition) is 1. The van der Waals surface area contributed by atoms with Gasteiger partial charge in [0.25, 0.3) is 0 Å². The zero-order valence-corrected chi connectivity index (χ0v) is 17.5. The van der Waals surface area contributed by atoms with Crippen LogP contribution in [0.4, 0.5) is 0 Å². The third-order valence-corrected chi connectivity index (χ3v) is 5.18. The van der Waals surface area contributed by atoms with Crippen LogP contribution in [0.15, 0.2) is 35.7 Å². The summed E-state index contributed by atoms with van der Waals surface area (Å²) < 4.78 is 11.3. The largest absolute Gasteiger partial charge is 0.493 e. The van der Waals surface area contributed by atoms with E-state index in [0.29, 0.717) is 18.8 Å². The molecule has 1 aliphatic heterocycles. The Balaban J connectivity index is 0.00000140. The average Bonchev–Trinajstić information content (AvgIpc) is 2.68. The van der Waals surface area contributed by atoms with E-state index < -0.39 is 0 Å². The highest BCUT2D eigenvalue weighted by molar-refractivity contribution is 6.13.